The van der Waals surface area contributed by atoms with Gasteiger partial charge in [-0.15, -0.1) is 0 Å². The van der Waals surface area contributed by atoms with Crippen LogP contribution in [-0.4, -0.2) is 12.0 Å². The number of benzene rings is 1. The first-order valence-electron chi connectivity index (χ1n) is 5.12. The van der Waals surface area contributed by atoms with Crippen molar-refractivity contribution >= 4 is 11.8 Å². The highest BCUT2D eigenvalue weighted by atomic mass is 32.2. The molecule has 1 N–H and O–H groups in total. The summed E-state index contributed by atoms with van der Waals surface area (Å²) in [4.78, 5) is 5.46. The van der Waals surface area contributed by atoms with E-state index in [0.29, 0.717) is 5.22 Å². The Hall–Kier alpha value is -1.26. The molecule has 2 aromatic rings. The van der Waals surface area contributed by atoms with Crippen LogP contribution in [-0.2, 0) is 6.54 Å². The number of hydrogen-bond donors (Lipinski definition) is 1. The molecule has 0 fully saturated rings. The number of nitrogens with one attached hydrogen (secondary N) is 1. The Morgan fingerprint density at radius 2 is 2.19 bits per heavy atom. The Labute approximate surface area is 99.3 Å². The minimum absolute atomic E-state index is 0.695. The molecular weight excluding hydrogens is 220 g/mol. The normalized spacial score (nSPS) is 10.6. The van der Waals surface area contributed by atoms with E-state index in [-0.39, 0.29) is 0 Å². The van der Waals surface area contributed by atoms with Gasteiger partial charge < -0.3 is 9.73 Å². The smallest absolute Gasteiger partial charge is 0.260 e. The Bertz CT molecular complexity index is 468. The fraction of sp³-hybridized carbons (Fsp3) is 0.250. The third-order valence-electron chi connectivity index (χ3n) is 2.14. The van der Waals surface area contributed by atoms with Crippen LogP contribution in [0.4, 0.5) is 0 Å². The van der Waals surface area contributed by atoms with Crippen LogP contribution in [0.1, 0.15) is 11.3 Å². The van der Waals surface area contributed by atoms with E-state index in [2.05, 4.69) is 22.4 Å². The quantitative estimate of drug-likeness (QED) is 0.882. The first-order valence-corrected chi connectivity index (χ1v) is 5.93. The molecule has 0 unspecified atom stereocenters. The lowest BCUT2D eigenvalue weighted by Gasteiger charge is -2.05. The van der Waals surface area contributed by atoms with Crippen LogP contribution in [0, 0.1) is 6.92 Å². The van der Waals surface area contributed by atoms with E-state index >= 15 is 0 Å². The molecular formula is C12H14N2OS. The monoisotopic (exact) mass is 234 g/mol. The maximum atomic E-state index is 5.33. The summed E-state index contributed by atoms with van der Waals surface area (Å²) in [5, 5.41) is 3.85. The van der Waals surface area contributed by atoms with E-state index in [9.17, 15) is 0 Å². The van der Waals surface area contributed by atoms with Crippen molar-refractivity contribution in [2.75, 3.05) is 7.05 Å². The molecule has 0 aliphatic carbocycles. The van der Waals surface area contributed by atoms with Gasteiger partial charge in [0.25, 0.3) is 5.22 Å². The highest BCUT2D eigenvalue weighted by Gasteiger charge is 2.07. The zero-order chi connectivity index (χ0) is 11.4. The number of aryl methyl sites for hydroxylation is 1. The largest absolute Gasteiger partial charge is 0.439 e. The van der Waals surface area contributed by atoms with Crippen molar-refractivity contribution in [2.45, 2.75) is 23.6 Å². The van der Waals surface area contributed by atoms with Crippen molar-refractivity contribution in [1.29, 1.82) is 0 Å². The van der Waals surface area contributed by atoms with E-state index in [1.807, 2.05) is 26.1 Å². The van der Waals surface area contributed by atoms with Crippen LogP contribution in [0.15, 0.2) is 45.1 Å². The summed E-state index contributed by atoms with van der Waals surface area (Å²) in [5.74, 6) is 0. The minimum atomic E-state index is 0.695. The predicted octanol–water partition coefficient (Wildman–Crippen LogP) is 2.85. The summed E-state index contributed by atoms with van der Waals surface area (Å²) >= 11 is 1.56. The molecule has 0 aliphatic heterocycles. The molecule has 0 aliphatic rings. The molecule has 1 aromatic heterocycles. The molecule has 1 heterocycles. The number of oxazole rings is 1. The summed E-state index contributed by atoms with van der Waals surface area (Å²) in [5.41, 5.74) is 2.17. The Balaban J connectivity index is 2.20. The lowest BCUT2D eigenvalue weighted by molar-refractivity contribution is 0.454. The summed E-state index contributed by atoms with van der Waals surface area (Å²) < 4.78 is 5.33. The number of nitrogens with zero attached hydrogens (tertiary/aromatic N) is 1. The number of rotatable bonds is 4. The van der Waals surface area contributed by atoms with E-state index in [1.165, 1.54) is 10.5 Å². The summed E-state index contributed by atoms with van der Waals surface area (Å²) in [7, 11) is 1.94. The van der Waals surface area contributed by atoms with Crippen LogP contribution in [0.3, 0.4) is 0 Å². The second-order valence-electron chi connectivity index (χ2n) is 3.49. The topological polar surface area (TPSA) is 38.1 Å². The molecule has 3 nitrogen and oxygen atoms in total. The average molecular weight is 234 g/mol. The second-order valence-corrected chi connectivity index (χ2v) is 4.49. The van der Waals surface area contributed by atoms with Crippen LogP contribution in [0.25, 0.3) is 0 Å². The van der Waals surface area contributed by atoms with E-state index in [0.717, 1.165) is 12.2 Å². The van der Waals surface area contributed by atoms with Gasteiger partial charge in [-0.3, -0.25) is 0 Å². The van der Waals surface area contributed by atoms with Crippen LogP contribution in [0.5, 0.6) is 0 Å². The van der Waals surface area contributed by atoms with Crippen molar-refractivity contribution in [3.8, 4) is 0 Å². The maximum absolute atomic E-state index is 5.33. The SMILES string of the molecule is CNCc1ccccc1Sc1nc(C)co1. The zero-order valence-corrected chi connectivity index (χ0v) is 10.2. The summed E-state index contributed by atoms with van der Waals surface area (Å²) in [6.45, 7) is 2.77. The fourth-order valence-corrected chi connectivity index (χ4v) is 2.31. The van der Waals surface area contributed by atoms with Gasteiger partial charge in [0.2, 0.25) is 0 Å². The minimum Gasteiger partial charge on any atom is -0.439 e. The van der Waals surface area contributed by atoms with Gasteiger partial charge in [-0.1, -0.05) is 18.2 Å². The maximum Gasteiger partial charge on any atom is 0.260 e. The summed E-state index contributed by atoms with van der Waals surface area (Å²) in [6.07, 6.45) is 1.67. The Morgan fingerprint density at radius 1 is 1.38 bits per heavy atom. The first-order chi connectivity index (χ1) is 7.79. The molecule has 2 rings (SSSR count). The van der Waals surface area contributed by atoms with Crippen LogP contribution < -0.4 is 5.32 Å². The van der Waals surface area contributed by atoms with Crippen LogP contribution >= 0.6 is 11.8 Å². The summed E-state index contributed by atoms with van der Waals surface area (Å²) in [6, 6.07) is 8.25. The highest BCUT2D eigenvalue weighted by molar-refractivity contribution is 7.99. The third-order valence-corrected chi connectivity index (χ3v) is 3.12. The van der Waals surface area contributed by atoms with Gasteiger partial charge in [0.05, 0.1) is 5.69 Å². The van der Waals surface area contributed by atoms with Gasteiger partial charge in [-0.25, -0.2) is 4.98 Å². The third kappa shape index (κ3) is 2.65. The molecule has 0 amide bonds. The molecule has 0 saturated carbocycles. The van der Waals surface area contributed by atoms with Crippen molar-refractivity contribution < 1.29 is 4.42 Å². The van der Waals surface area contributed by atoms with Gasteiger partial charge in [-0.05, 0) is 37.4 Å². The van der Waals surface area contributed by atoms with E-state index < -0.39 is 0 Å². The number of aromatic nitrogens is 1. The lowest BCUT2D eigenvalue weighted by atomic mass is 10.2. The molecule has 0 saturated heterocycles. The zero-order valence-electron chi connectivity index (χ0n) is 9.36. The molecule has 0 spiro atoms. The lowest BCUT2D eigenvalue weighted by Crippen LogP contribution is -2.05. The fourth-order valence-electron chi connectivity index (χ4n) is 1.41. The number of hydrogen-bond acceptors (Lipinski definition) is 4. The predicted molar refractivity (Wildman–Crippen MR) is 64.6 cm³/mol. The van der Waals surface area contributed by atoms with Gasteiger partial charge in [-0.2, -0.15) is 0 Å². The first kappa shape index (κ1) is 11.2. The van der Waals surface area contributed by atoms with Crippen molar-refractivity contribution in [1.82, 2.24) is 10.3 Å². The highest BCUT2D eigenvalue weighted by Crippen LogP contribution is 2.29. The van der Waals surface area contributed by atoms with Gasteiger partial charge in [0, 0.05) is 11.4 Å². The molecule has 0 bridgehead atoms. The van der Waals surface area contributed by atoms with Gasteiger partial charge in [0.1, 0.15) is 6.26 Å². The Morgan fingerprint density at radius 3 is 2.88 bits per heavy atom. The average Bonchev–Trinajstić information content (AvgIpc) is 2.67. The molecule has 1 aromatic carbocycles. The molecule has 84 valence electrons. The van der Waals surface area contributed by atoms with E-state index in [1.54, 1.807) is 18.0 Å². The van der Waals surface area contributed by atoms with Crippen LogP contribution in [0.2, 0.25) is 0 Å². The van der Waals surface area contributed by atoms with Gasteiger partial charge in [0.15, 0.2) is 0 Å². The van der Waals surface area contributed by atoms with Crippen molar-refractivity contribution in [3.63, 3.8) is 0 Å². The second kappa shape index (κ2) is 5.18. The van der Waals surface area contributed by atoms with Crippen molar-refractivity contribution in [2.24, 2.45) is 0 Å². The molecule has 4 heteroatoms. The molecule has 0 atom stereocenters. The molecule has 0 radical (unpaired) electrons. The standard InChI is InChI=1S/C12H14N2OS/c1-9-8-15-12(14-9)16-11-6-4-3-5-10(11)7-13-2/h3-6,8,13H,7H2,1-2H3. The molecule has 16 heavy (non-hydrogen) atoms. The van der Waals surface area contributed by atoms with E-state index in [4.69, 9.17) is 4.42 Å². The Kier molecular flexibility index (Phi) is 3.64. The van der Waals surface area contributed by atoms with Gasteiger partial charge >= 0.3 is 0 Å². The van der Waals surface area contributed by atoms with Crippen molar-refractivity contribution in [3.05, 3.63) is 41.8 Å².